The molecule has 5 nitrogen and oxygen atoms in total. The molecule has 0 aliphatic heterocycles. The first kappa shape index (κ1) is 17.0. The number of aldehydes is 1. The van der Waals surface area contributed by atoms with Gasteiger partial charge in [0.15, 0.2) is 12.0 Å². The Morgan fingerprint density at radius 2 is 1.83 bits per heavy atom. The van der Waals surface area contributed by atoms with E-state index in [0.717, 1.165) is 25.2 Å². The average molecular weight is 315 g/mol. The molecule has 5 heteroatoms. The molecule has 2 aromatic rings. The lowest BCUT2D eigenvalue weighted by Crippen LogP contribution is -2.27. The molecule has 0 fully saturated rings. The van der Waals surface area contributed by atoms with Crippen LogP contribution in [0, 0.1) is 0 Å². The third kappa shape index (κ3) is 4.53. The predicted molar refractivity (Wildman–Crippen MR) is 87.6 cm³/mol. The Morgan fingerprint density at radius 3 is 2.39 bits per heavy atom. The van der Waals surface area contributed by atoms with Gasteiger partial charge in [0, 0.05) is 12.1 Å². The lowest BCUT2D eigenvalue weighted by Gasteiger charge is -2.17. The van der Waals surface area contributed by atoms with Crippen molar-refractivity contribution in [1.29, 1.82) is 0 Å². The topological polar surface area (TPSA) is 59.8 Å². The largest absolute Gasteiger partial charge is 0.461 e. The van der Waals surface area contributed by atoms with Crippen LogP contribution in [0.25, 0.3) is 11.3 Å². The molecule has 0 bridgehead atoms. The molecular weight excluding hydrogens is 294 g/mol. The molecule has 0 aliphatic rings. The van der Waals surface area contributed by atoms with E-state index < -0.39 is 0 Å². The van der Waals surface area contributed by atoms with E-state index in [1.54, 1.807) is 36.4 Å². The van der Waals surface area contributed by atoms with Gasteiger partial charge in [-0.25, -0.2) is 4.79 Å². The van der Waals surface area contributed by atoms with Crippen LogP contribution >= 0.6 is 0 Å². The van der Waals surface area contributed by atoms with Gasteiger partial charge < -0.3 is 14.1 Å². The zero-order chi connectivity index (χ0) is 16.7. The minimum absolute atomic E-state index is 0.278. The summed E-state index contributed by atoms with van der Waals surface area (Å²) in [6.07, 6.45) is 0.658. The summed E-state index contributed by atoms with van der Waals surface area (Å²) >= 11 is 0. The zero-order valence-electron chi connectivity index (χ0n) is 13.5. The van der Waals surface area contributed by atoms with Crippen LogP contribution in [0.15, 0.2) is 40.8 Å². The van der Waals surface area contributed by atoms with E-state index in [0.29, 0.717) is 24.2 Å². The molecule has 23 heavy (non-hydrogen) atoms. The quantitative estimate of drug-likeness (QED) is 0.553. The van der Waals surface area contributed by atoms with Gasteiger partial charge in [-0.1, -0.05) is 26.0 Å². The first-order valence-electron chi connectivity index (χ1n) is 7.72. The van der Waals surface area contributed by atoms with Crippen LogP contribution in [-0.4, -0.2) is 43.4 Å². The number of nitrogens with zero attached hydrogens (tertiary/aromatic N) is 1. The van der Waals surface area contributed by atoms with Crippen molar-refractivity contribution < 1.29 is 18.7 Å². The maximum Gasteiger partial charge on any atom is 0.338 e. The third-order valence-corrected chi connectivity index (χ3v) is 3.68. The van der Waals surface area contributed by atoms with E-state index in [2.05, 4.69) is 18.7 Å². The number of furan rings is 1. The van der Waals surface area contributed by atoms with E-state index in [1.807, 2.05) is 0 Å². The lowest BCUT2D eigenvalue weighted by atomic mass is 10.1. The number of likely N-dealkylation sites (N-methyl/N-ethyl adjacent to an activating group) is 1. The standard InChI is InChI=1S/C18H21NO4/c1-3-19(4-2)11-12-22-18(21)15-7-5-14(6-8-15)17-10-9-16(13-20)23-17/h5-10,13H,3-4,11-12H2,1-2H3. The maximum absolute atomic E-state index is 12.0. The summed E-state index contributed by atoms with van der Waals surface area (Å²) in [6.45, 7) is 7.15. The molecule has 1 heterocycles. The predicted octanol–water partition coefficient (Wildman–Crippen LogP) is 3.26. The van der Waals surface area contributed by atoms with Gasteiger partial charge in [-0.05, 0) is 37.4 Å². The van der Waals surface area contributed by atoms with E-state index in [1.165, 1.54) is 0 Å². The number of hydrogen-bond acceptors (Lipinski definition) is 5. The summed E-state index contributed by atoms with van der Waals surface area (Å²) in [5, 5.41) is 0. The SMILES string of the molecule is CCN(CC)CCOC(=O)c1ccc(-c2ccc(C=O)o2)cc1. The Balaban J connectivity index is 1.93. The fraction of sp³-hybridized carbons (Fsp3) is 0.333. The van der Waals surface area contributed by atoms with Gasteiger partial charge >= 0.3 is 5.97 Å². The number of carbonyl (C=O) groups is 2. The molecule has 122 valence electrons. The van der Waals surface area contributed by atoms with E-state index in [9.17, 15) is 9.59 Å². The molecule has 0 aliphatic carbocycles. The monoisotopic (exact) mass is 315 g/mol. The van der Waals surface area contributed by atoms with Crippen LogP contribution in [0.3, 0.4) is 0 Å². The summed E-state index contributed by atoms with van der Waals surface area (Å²) in [4.78, 5) is 24.8. The number of rotatable bonds is 8. The van der Waals surface area contributed by atoms with Crippen molar-refractivity contribution in [1.82, 2.24) is 4.90 Å². The minimum Gasteiger partial charge on any atom is -0.461 e. The molecule has 0 radical (unpaired) electrons. The number of benzene rings is 1. The lowest BCUT2D eigenvalue weighted by molar-refractivity contribution is 0.0466. The summed E-state index contributed by atoms with van der Waals surface area (Å²) < 4.78 is 10.6. The molecule has 0 saturated heterocycles. The van der Waals surface area contributed by atoms with Crippen molar-refractivity contribution >= 4 is 12.3 Å². The van der Waals surface area contributed by atoms with Crippen molar-refractivity contribution in [2.75, 3.05) is 26.2 Å². The first-order valence-corrected chi connectivity index (χ1v) is 7.72. The Kier molecular flexibility index (Phi) is 6.11. The van der Waals surface area contributed by atoms with Crippen molar-refractivity contribution in [3.8, 4) is 11.3 Å². The summed E-state index contributed by atoms with van der Waals surface area (Å²) in [7, 11) is 0. The highest BCUT2D eigenvalue weighted by atomic mass is 16.5. The molecule has 0 unspecified atom stereocenters. The van der Waals surface area contributed by atoms with Gasteiger partial charge in [0.1, 0.15) is 12.4 Å². The van der Waals surface area contributed by atoms with Gasteiger partial charge in [0.05, 0.1) is 5.56 Å². The second-order valence-corrected chi connectivity index (χ2v) is 5.06. The van der Waals surface area contributed by atoms with Crippen molar-refractivity contribution in [3.63, 3.8) is 0 Å². The fourth-order valence-corrected chi connectivity index (χ4v) is 2.23. The van der Waals surface area contributed by atoms with E-state index >= 15 is 0 Å². The maximum atomic E-state index is 12.0. The van der Waals surface area contributed by atoms with Crippen LogP contribution in [-0.2, 0) is 4.74 Å². The number of carbonyl (C=O) groups excluding carboxylic acids is 2. The fourth-order valence-electron chi connectivity index (χ4n) is 2.23. The zero-order valence-corrected chi connectivity index (χ0v) is 13.5. The van der Waals surface area contributed by atoms with Crippen LogP contribution in [0.5, 0.6) is 0 Å². The second-order valence-electron chi connectivity index (χ2n) is 5.06. The van der Waals surface area contributed by atoms with Crippen LogP contribution in [0.4, 0.5) is 0 Å². The Morgan fingerprint density at radius 1 is 1.13 bits per heavy atom. The third-order valence-electron chi connectivity index (χ3n) is 3.68. The second kappa shape index (κ2) is 8.29. The number of esters is 1. The van der Waals surface area contributed by atoms with E-state index in [4.69, 9.17) is 9.15 Å². The van der Waals surface area contributed by atoms with Gasteiger partial charge in [-0.3, -0.25) is 4.79 Å². The summed E-state index contributed by atoms with van der Waals surface area (Å²) in [5.41, 5.74) is 1.30. The Hall–Kier alpha value is -2.40. The van der Waals surface area contributed by atoms with Crippen molar-refractivity contribution in [2.45, 2.75) is 13.8 Å². The molecule has 0 amide bonds. The molecule has 2 rings (SSSR count). The first-order chi connectivity index (χ1) is 11.2. The van der Waals surface area contributed by atoms with Gasteiger partial charge in [0.2, 0.25) is 0 Å². The Bertz CT molecular complexity index is 641. The Labute approximate surface area is 135 Å². The summed E-state index contributed by atoms with van der Waals surface area (Å²) in [5.74, 6) is 0.533. The molecular formula is C18H21NO4. The summed E-state index contributed by atoms with van der Waals surface area (Å²) in [6, 6.07) is 10.3. The van der Waals surface area contributed by atoms with Crippen LogP contribution in [0.2, 0.25) is 0 Å². The molecule has 0 N–H and O–H groups in total. The number of hydrogen-bond donors (Lipinski definition) is 0. The van der Waals surface area contributed by atoms with Gasteiger partial charge in [0.25, 0.3) is 0 Å². The molecule has 0 spiro atoms. The molecule has 0 saturated carbocycles. The normalized spacial score (nSPS) is 10.7. The van der Waals surface area contributed by atoms with Gasteiger partial charge in [-0.2, -0.15) is 0 Å². The van der Waals surface area contributed by atoms with Crippen molar-refractivity contribution in [3.05, 3.63) is 47.7 Å². The molecule has 0 atom stereocenters. The molecule has 1 aromatic heterocycles. The van der Waals surface area contributed by atoms with Crippen LogP contribution < -0.4 is 0 Å². The van der Waals surface area contributed by atoms with Crippen molar-refractivity contribution in [2.24, 2.45) is 0 Å². The number of ether oxygens (including phenoxy) is 1. The minimum atomic E-state index is -0.336. The highest BCUT2D eigenvalue weighted by Gasteiger charge is 2.10. The highest BCUT2D eigenvalue weighted by Crippen LogP contribution is 2.22. The smallest absolute Gasteiger partial charge is 0.338 e. The van der Waals surface area contributed by atoms with Gasteiger partial charge in [-0.15, -0.1) is 0 Å². The average Bonchev–Trinajstić information content (AvgIpc) is 3.08. The molecule has 1 aromatic carbocycles. The van der Waals surface area contributed by atoms with Crippen LogP contribution in [0.1, 0.15) is 34.8 Å². The van der Waals surface area contributed by atoms with E-state index in [-0.39, 0.29) is 11.7 Å². The highest BCUT2D eigenvalue weighted by molar-refractivity contribution is 5.90.